The number of nitro benzene ring substituents is 1. The third-order valence-electron chi connectivity index (χ3n) is 4.51. The molecule has 1 heterocycles. The Morgan fingerprint density at radius 2 is 1.92 bits per heavy atom. The number of nitro groups is 1. The van der Waals surface area contributed by atoms with Crippen molar-refractivity contribution in [2.45, 2.75) is 45.1 Å². The molecular weight excluding hydrogens is 308 g/mol. The highest BCUT2D eigenvalue weighted by Crippen LogP contribution is 2.26. The van der Waals surface area contributed by atoms with Crippen molar-refractivity contribution in [3.63, 3.8) is 0 Å². The lowest BCUT2D eigenvalue weighted by Gasteiger charge is -2.18. The van der Waals surface area contributed by atoms with Crippen molar-refractivity contribution in [2.75, 3.05) is 5.01 Å². The molecule has 24 heavy (non-hydrogen) atoms. The molecule has 0 saturated heterocycles. The zero-order chi connectivity index (χ0) is 17.1. The smallest absolute Gasteiger partial charge is 0.269 e. The van der Waals surface area contributed by atoms with Crippen molar-refractivity contribution in [1.29, 1.82) is 0 Å². The van der Waals surface area contributed by atoms with Gasteiger partial charge in [-0.25, -0.2) is 0 Å². The lowest BCUT2D eigenvalue weighted by molar-refractivity contribution is -0.384. The SMILES string of the molecule is CC1=NN(c2ccc([N+](=O)[O-])cc2)C(=O)[C@@H]1C=NC1CCCCC1. The first-order valence-corrected chi connectivity index (χ1v) is 8.23. The number of aliphatic imine (C=N–C) groups is 1. The molecule has 7 nitrogen and oxygen atoms in total. The van der Waals surface area contributed by atoms with E-state index in [-0.39, 0.29) is 11.6 Å². The molecule has 0 radical (unpaired) electrons. The predicted octanol–water partition coefficient (Wildman–Crippen LogP) is 3.34. The number of benzene rings is 1. The van der Waals surface area contributed by atoms with Gasteiger partial charge in [-0.2, -0.15) is 10.1 Å². The molecule has 1 aromatic rings. The summed E-state index contributed by atoms with van der Waals surface area (Å²) in [5.41, 5.74) is 1.21. The highest BCUT2D eigenvalue weighted by Gasteiger charge is 2.33. The number of non-ortho nitro benzene ring substituents is 1. The molecule has 0 N–H and O–H groups in total. The second kappa shape index (κ2) is 6.90. The minimum Gasteiger partial charge on any atom is -0.293 e. The summed E-state index contributed by atoms with van der Waals surface area (Å²) < 4.78 is 0. The Balaban J connectivity index is 1.72. The highest BCUT2D eigenvalue weighted by atomic mass is 16.6. The number of carbonyl (C=O) groups excluding carboxylic acids is 1. The molecule has 0 bridgehead atoms. The van der Waals surface area contributed by atoms with E-state index in [0.717, 1.165) is 12.8 Å². The molecule has 3 rings (SSSR count). The monoisotopic (exact) mass is 328 g/mol. The molecule has 1 amide bonds. The van der Waals surface area contributed by atoms with Crippen LogP contribution in [0.2, 0.25) is 0 Å². The van der Waals surface area contributed by atoms with Gasteiger partial charge < -0.3 is 0 Å². The summed E-state index contributed by atoms with van der Waals surface area (Å²) in [7, 11) is 0. The van der Waals surface area contributed by atoms with Gasteiger partial charge in [-0.05, 0) is 31.9 Å². The van der Waals surface area contributed by atoms with Crippen molar-refractivity contribution in [2.24, 2.45) is 16.0 Å². The molecule has 0 aromatic heterocycles. The first-order chi connectivity index (χ1) is 11.6. The zero-order valence-electron chi connectivity index (χ0n) is 13.6. The van der Waals surface area contributed by atoms with Gasteiger partial charge in [-0.3, -0.25) is 19.9 Å². The number of hydrogen-bond acceptors (Lipinski definition) is 5. The largest absolute Gasteiger partial charge is 0.293 e. The van der Waals surface area contributed by atoms with E-state index < -0.39 is 10.8 Å². The Morgan fingerprint density at radius 1 is 1.25 bits per heavy atom. The van der Waals surface area contributed by atoms with E-state index >= 15 is 0 Å². The Hall–Kier alpha value is -2.57. The summed E-state index contributed by atoms with van der Waals surface area (Å²) in [5.74, 6) is -0.608. The van der Waals surface area contributed by atoms with Crippen LogP contribution in [0.1, 0.15) is 39.0 Å². The maximum atomic E-state index is 12.6. The van der Waals surface area contributed by atoms with Gasteiger partial charge in [0.05, 0.1) is 16.3 Å². The molecule has 1 aliphatic carbocycles. The van der Waals surface area contributed by atoms with Gasteiger partial charge in [-0.15, -0.1) is 0 Å². The van der Waals surface area contributed by atoms with Gasteiger partial charge in [-0.1, -0.05) is 19.3 Å². The number of carbonyl (C=O) groups is 1. The van der Waals surface area contributed by atoms with Crippen LogP contribution in [0.3, 0.4) is 0 Å². The van der Waals surface area contributed by atoms with Gasteiger partial charge in [0.25, 0.3) is 11.6 Å². The van der Waals surface area contributed by atoms with Gasteiger partial charge in [0.15, 0.2) is 0 Å². The number of hydrogen-bond donors (Lipinski definition) is 0. The van der Waals surface area contributed by atoms with Crippen molar-refractivity contribution >= 4 is 29.2 Å². The van der Waals surface area contributed by atoms with Crippen LogP contribution >= 0.6 is 0 Å². The molecule has 126 valence electrons. The van der Waals surface area contributed by atoms with E-state index in [1.54, 1.807) is 13.1 Å². The predicted molar refractivity (Wildman–Crippen MR) is 92.5 cm³/mol. The number of rotatable bonds is 4. The molecule has 2 aliphatic rings. The molecule has 0 unspecified atom stereocenters. The molecule has 1 aromatic carbocycles. The fourth-order valence-electron chi connectivity index (χ4n) is 3.09. The van der Waals surface area contributed by atoms with Gasteiger partial charge >= 0.3 is 0 Å². The van der Waals surface area contributed by atoms with E-state index in [0.29, 0.717) is 17.4 Å². The number of anilines is 1. The van der Waals surface area contributed by atoms with Crippen LogP contribution in [0.25, 0.3) is 0 Å². The fraction of sp³-hybridized carbons (Fsp3) is 0.471. The van der Waals surface area contributed by atoms with Crippen LogP contribution in [0.4, 0.5) is 11.4 Å². The van der Waals surface area contributed by atoms with Crippen molar-refractivity contribution in [1.82, 2.24) is 0 Å². The molecular formula is C17H20N4O3. The normalized spacial score (nSPS) is 22.2. The summed E-state index contributed by atoms with van der Waals surface area (Å²) in [6, 6.07) is 6.13. The molecule has 1 saturated carbocycles. The standard InChI is InChI=1S/C17H20N4O3/c1-12-16(11-18-13-5-3-2-4-6-13)17(22)20(19-12)14-7-9-15(10-8-14)21(23)24/h7-11,13,16H,2-6H2,1H3/t16-/m1/s1. The minimum atomic E-state index is -0.469. The quantitative estimate of drug-likeness (QED) is 0.482. The number of nitrogens with zero attached hydrogens (tertiary/aromatic N) is 4. The van der Waals surface area contributed by atoms with Gasteiger partial charge in [0.1, 0.15) is 5.92 Å². The van der Waals surface area contributed by atoms with E-state index in [1.807, 2.05) is 0 Å². The van der Waals surface area contributed by atoms with Crippen molar-refractivity contribution < 1.29 is 9.72 Å². The topological polar surface area (TPSA) is 88.2 Å². The Kier molecular flexibility index (Phi) is 4.69. The van der Waals surface area contributed by atoms with E-state index in [4.69, 9.17) is 0 Å². The third-order valence-corrected chi connectivity index (χ3v) is 4.51. The molecule has 1 atom stereocenters. The first kappa shape index (κ1) is 16.3. The number of hydrazone groups is 1. The average Bonchev–Trinajstić information content (AvgIpc) is 2.88. The van der Waals surface area contributed by atoms with Crippen LogP contribution < -0.4 is 5.01 Å². The lowest BCUT2D eigenvalue weighted by atomic mass is 9.96. The maximum absolute atomic E-state index is 12.6. The fourth-order valence-corrected chi connectivity index (χ4v) is 3.09. The molecule has 1 aliphatic heterocycles. The molecule has 7 heteroatoms. The van der Waals surface area contributed by atoms with Crippen molar-refractivity contribution in [3.05, 3.63) is 34.4 Å². The minimum absolute atomic E-state index is 0.0125. The first-order valence-electron chi connectivity index (χ1n) is 8.23. The summed E-state index contributed by atoms with van der Waals surface area (Å²) >= 11 is 0. The maximum Gasteiger partial charge on any atom is 0.269 e. The average molecular weight is 328 g/mol. The molecule has 0 spiro atoms. The zero-order valence-corrected chi connectivity index (χ0v) is 13.6. The lowest BCUT2D eigenvalue weighted by Crippen LogP contribution is -2.28. The van der Waals surface area contributed by atoms with Gasteiger partial charge in [0.2, 0.25) is 0 Å². The third kappa shape index (κ3) is 3.34. The summed E-state index contributed by atoms with van der Waals surface area (Å²) in [4.78, 5) is 27.4. The van der Waals surface area contributed by atoms with Crippen molar-refractivity contribution in [3.8, 4) is 0 Å². The van der Waals surface area contributed by atoms with E-state index in [1.165, 1.54) is 48.5 Å². The Bertz CT molecular complexity index is 690. The van der Waals surface area contributed by atoms with Gasteiger partial charge in [0, 0.05) is 24.4 Å². The Morgan fingerprint density at radius 3 is 2.54 bits per heavy atom. The van der Waals surface area contributed by atoms with Crippen LogP contribution in [-0.4, -0.2) is 28.8 Å². The summed E-state index contributed by atoms with van der Waals surface area (Å²) in [6.07, 6.45) is 7.55. The van der Waals surface area contributed by atoms with Crippen LogP contribution in [0, 0.1) is 16.0 Å². The second-order valence-electron chi connectivity index (χ2n) is 6.23. The van der Waals surface area contributed by atoms with E-state index in [9.17, 15) is 14.9 Å². The van der Waals surface area contributed by atoms with Crippen LogP contribution in [-0.2, 0) is 4.79 Å². The molecule has 1 fully saturated rings. The Labute approximate surface area is 140 Å². The van der Waals surface area contributed by atoms with E-state index in [2.05, 4.69) is 10.1 Å². The summed E-state index contributed by atoms with van der Waals surface area (Å²) in [6.45, 7) is 1.81. The number of amides is 1. The highest BCUT2D eigenvalue weighted by molar-refractivity contribution is 6.23. The summed E-state index contributed by atoms with van der Waals surface area (Å²) in [5, 5.41) is 16.3. The van der Waals surface area contributed by atoms with Crippen LogP contribution in [0.5, 0.6) is 0 Å². The second-order valence-corrected chi connectivity index (χ2v) is 6.23. The van der Waals surface area contributed by atoms with Crippen LogP contribution in [0.15, 0.2) is 34.4 Å².